The first kappa shape index (κ1) is 15.0. The quantitative estimate of drug-likeness (QED) is 0.364. The number of nitrogens with zero attached hydrogens (tertiary/aromatic N) is 1. The number of carbonyl (C=O) groups excluding carboxylic acids is 1. The maximum Gasteiger partial charge on any atom is 0.267 e. The maximum atomic E-state index is 10.9. The van der Waals surface area contributed by atoms with Crippen LogP contribution in [0.1, 0.15) is 31.2 Å². The molecule has 0 spiro atoms. The Balaban J connectivity index is 1.64. The number of carbonyl (C=O) groups is 1. The summed E-state index contributed by atoms with van der Waals surface area (Å²) < 4.78 is 0. The Labute approximate surface area is 130 Å². The van der Waals surface area contributed by atoms with Gasteiger partial charge < -0.3 is 10.6 Å². The molecular weight excluding hydrogens is 280 g/mol. The van der Waals surface area contributed by atoms with Crippen molar-refractivity contribution in [2.45, 2.75) is 31.2 Å². The molecule has 0 radical (unpaired) electrons. The summed E-state index contributed by atoms with van der Waals surface area (Å²) in [4.78, 5) is 15.4. The fourth-order valence-corrected chi connectivity index (χ4v) is 3.01. The Morgan fingerprint density at radius 3 is 2.95 bits per heavy atom. The zero-order valence-electron chi connectivity index (χ0n) is 12.5. The summed E-state index contributed by atoms with van der Waals surface area (Å²) in [5.74, 6) is 1.18. The highest BCUT2D eigenvalue weighted by Crippen LogP contribution is 2.40. The van der Waals surface area contributed by atoms with Crippen molar-refractivity contribution in [1.29, 1.82) is 0 Å². The lowest BCUT2D eigenvalue weighted by molar-refractivity contribution is -0.124. The Bertz CT molecular complexity index is 546. The lowest BCUT2D eigenvalue weighted by Crippen LogP contribution is -2.41. The van der Waals surface area contributed by atoms with Crippen LogP contribution in [0.4, 0.5) is 5.82 Å². The van der Waals surface area contributed by atoms with Crippen LogP contribution in [0, 0.1) is 5.92 Å². The van der Waals surface area contributed by atoms with E-state index in [0.29, 0.717) is 0 Å². The van der Waals surface area contributed by atoms with Gasteiger partial charge in [-0.1, -0.05) is 12.8 Å². The van der Waals surface area contributed by atoms with Crippen LogP contribution < -0.4 is 16.1 Å². The second kappa shape index (κ2) is 6.46. The first-order chi connectivity index (χ1) is 10.7. The van der Waals surface area contributed by atoms with Gasteiger partial charge in [0.15, 0.2) is 0 Å². The van der Waals surface area contributed by atoms with E-state index in [1.54, 1.807) is 17.8 Å². The Kier molecular flexibility index (Phi) is 4.40. The standard InChI is InChI=1S/C16H22N4O2/c21-15(20-22)6-4-13-3-5-14(18-10-13)19-16(7-8-17-11-16)9-12-1-2-12/h3-6,10,12,17,22H,1-2,7-9,11H2,(H,18,19)(H,20,21)/b6-4+/t16-/m0/s1. The number of amides is 1. The second-order valence-corrected chi connectivity index (χ2v) is 6.27. The minimum Gasteiger partial charge on any atom is -0.363 e. The van der Waals surface area contributed by atoms with Crippen molar-refractivity contribution in [3.63, 3.8) is 0 Å². The van der Waals surface area contributed by atoms with E-state index in [2.05, 4.69) is 15.6 Å². The third-order valence-corrected chi connectivity index (χ3v) is 4.34. The number of hydrogen-bond donors (Lipinski definition) is 4. The fourth-order valence-electron chi connectivity index (χ4n) is 3.01. The Morgan fingerprint density at radius 2 is 2.36 bits per heavy atom. The summed E-state index contributed by atoms with van der Waals surface area (Å²) in [6.07, 6.45) is 9.64. The lowest BCUT2D eigenvalue weighted by atomic mass is 9.91. The van der Waals surface area contributed by atoms with E-state index >= 15 is 0 Å². The Hall–Kier alpha value is -1.92. The molecule has 6 nitrogen and oxygen atoms in total. The summed E-state index contributed by atoms with van der Waals surface area (Å²) in [6, 6.07) is 3.84. The smallest absolute Gasteiger partial charge is 0.267 e. The third-order valence-electron chi connectivity index (χ3n) is 4.34. The average Bonchev–Trinajstić information content (AvgIpc) is 3.23. The molecule has 118 valence electrons. The van der Waals surface area contributed by atoms with Gasteiger partial charge in [-0.3, -0.25) is 10.0 Å². The second-order valence-electron chi connectivity index (χ2n) is 6.27. The molecule has 1 atom stereocenters. The molecule has 2 fully saturated rings. The minimum atomic E-state index is -0.553. The van der Waals surface area contributed by atoms with Gasteiger partial charge in [0.2, 0.25) is 0 Å². The predicted molar refractivity (Wildman–Crippen MR) is 84.4 cm³/mol. The number of hydroxylamine groups is 1. The van der Waals surface area contributed by atoms with Crippen LogP contribution in [-0.4, -0.2) is 34.7 Å². The van der Waals surface area contributed by atoms with Crippen LogP contribution in [0.3, 0.4) is 0 Å². The van der Waals surface area contributed by atoms with Gasteiger partial charge in [-0.25, -0.2) is 10.5 Å². The number of nitrogens with one attached hydrogen (secondary N) is 3. The molecule has 1 aliphatic carbocycles. The first-order valence-corrected chi connectivity index (χ1v) is 7.76. The lowest BCUT2D eigenvalue weighted by Gasteiger charge is -2.30. The van der Waals surface area contributed by atoms with Crippen molar-refractivity contribution in [2.24, 2.45) is 5.92 Å². The highest BCUT2D eigenvalue weighted by Gasteiger charge is 2.39. The molecule has 2 aliphatic rings. The molecule has 2 heterocycles. The molecule has 0 aromatic carbocycles. The molecule has 6 heteroatoms. The van der Waals surface area contributed by atoms with E-state index in [4.69, 9.17) is 5.21 Å². The van der Waals surface area contributed by atoms with Crippen LogP contribution in [-0.2, 0) is 4.79 Å². The summed E-state index contributed by atoms with van der Waals surface area (Å²) in [7, 11) is 0. The topological polar surface area (TPSA) is 86.3 Å². The van der Waals surface area contributed by atoms with Gasteiger partial charge in [0.05, 0.1) is 5.54 Å². The minimum absolute atomic E-state index is 0.127. The number of anilines is 1. The number of hydrogen-bond acceptors (Lipinski definition) is 5. The molecule has 1 saturated carbocycles. The molecule has 1 aliphatic heterocycles. The highest BCUT2D eigenvalue weighted by atomic mass is 16.5. The molecule has 4 N–H and O–H groups in total. The molecule has 0 bridgehead atoms. The van der Waals surface area contributed by atoms with Crippen molar-refractivity contribution < 1.29 is 10.0 Å². The predicted octanol–water partition coefficient (Wildman–Crippen LogP) is 1.54. The highest BCUT2D eigenvalue weighted by molar-refractivity contribution is 5.90. The van der Waals surface area contributed by atoms with Gasteiger partial charge in [0.25, 0.3) is 5.91 Å². The fraction of sp³-hybridized carbons (Fsp3) is 0.500. The van der Waals surface area contributed by atoms with E-state index in [0.717, 1.165) is 36.8 Å². The number of rotatable bonds is 6. The summed E-state index contributed by atoms with van der Waals surface area (Å²) >= 11 is 0. The van der Waals surface area contributed by atoms with Gasteiger partial charge in [0, 0.05) is 18.8 Å². The van der Waals surface area contributed by atoms with E-state index in [-0.39, 0.29) is 5.54 Å². The zero-order chi connectivity index (χ0) is 15.4. The van der Waals surface area contributed by atoms with Crippen LogP contribution in [0.25, 0.3) is 6.08 Å². The Morgan fingerprint density at radius 1 is 1.50 bits per heavy atom. The molecule has 1 aromatic heterocycles. The van der Waals surface area contributed by atoms with E-state index < -0.39 is 5.91 Å². The molecule has 22 heavy (non-hydrogen) atoms. The summed E-state index contributed by atoms with van der Waals surface area (Å²) in [5.41, 5.74) is 2.50. The number of aromatic nitrogens is 1. The van der Waals surface area contributed by atoms with Gasteiger partial charge in [-0.2, -0.15) is 0 Å². The van der Waals surface area contributed by atoms with Gasteiger partial charge in [-0.15, -0.1) is 0 Å². The molecular formula is C16H22N4O2. The van der Waals surface area contributed by atoms with Crippen LogP contribution in [0.2, 0.25) is 0 Å². The van der Waals surface area contributed by atoms with E-state index in [1.807, 2.05) is 12.1 Å². The first-order valence-electron chi connectivity index (χ1n) is 7.76. The number of pyridine rings is 1. The van der Waals surface area contributed by atoms with E-state index in [1.165, 1.54) is 25.3 Å². The zero-order valence-corrected chi connectivity index (χ0v) is 12.5. The molecule has 1 saturated heterocycles. The van der Waals surface area contributed by atoms with Crippen molar-refractivity contribution in [3.05, 3.63) is 30.0 Å². The van der Waals surface area contributed by atoms with Gasteiger partial charge in [0.1, 0.15) is 5.82 Å². The average molecular weight is 302 g/mol. The largest absolute Gasteiger partial charge is 0.363 e. The normalized spacial score (nSPS) is 24.6. The maximum absolute atomic E-state index is 10.9. The molecule has 1 amide bonds. The third kappa shape index (κ3) is 3.84. The van der Waals surface area contributed by atoms with Crippen molar-refractivity contribution in [2.75, 3.05) is 18.4 Å². The van der Waals surface area contributed by atoms with Crippen LogP contribution in [0.5, 0.6) is 0 Å². The van der Waals surface area contributed by atoms with Crippen LogP contribution >= 0.6 is 0 Å². The summed E-state index contributed by atoms with van der Waals surface area (Å²) in [5, 5.41) is 15.5. The molecule has 0 unspecified atom stereocenters. The summed E-state index contributed by atoms with van der Waals surface area (Å²) in [6.45, 7) is 2.04. The van der Waals surface area contributed by atoms with Crippen LogP contribution in [0.15, 0.2) is 24.4 Å². The van der Waals surface area contributed by atoms with Crippen molar-refractivity contribution >= 4 is 17.8 Å². The molecule has 1 aromatic rings. The SMILES string of the molecule is O=C(/C=C/c1ccc(N[C@]2(CC3CC3)CCNC2)nc1)NO. The van der Waals surface area contributed by atoms with E-state index in [9.17, 15) is 4.79 Å². The van der Waals surface area contributed by atoms with Gasteiger partial charge in [-0.05, 0) is 49.1 Å². The van der Waals surface area contributed by atoms with Crippen molar-refractivity contribution in [1.82, 2.24) is 15.8 Å². The molecule has 3 rings (SSSR count). The van der Waals surface area contributed by atoms with Gasteiger partial charge >= 0.3 is 0 Å². The monoisotopic (exact) mass is 302 g/mol. The van der Waals surface area contributed by atoms with Crippen molar-refractivity contribution in [3.8, 4) is 0 Å².